The van der Waals surface area contributed by atoms with Gasteiger partial charge < -0.3 is 15.3 Å². The number of hydrogen-bond donors (Lipinski definition) is 2. The van der Waals surface area contributed by atoms with Crippen molar-refractivity contribution in [1.82, 2.24) is 10.2 Å². The molecular formula is C15H30N2O. The Bertz CT molecular complexity index is 241. The van der Waals surface area contributed by atoms with Crippen molar-refractivity contribution in [3.05, 3.63) is 0 Å². The number of nitrogens with one attached hydrogen (secondary N) is 1. The Kier molecular flexibility index (Phi) is 5.05. The summed E-state index contributed by atoms with van der Waals surface area (Å²) < 4.78 is 0. The van der Waals surface area contributed by atoms with E-state index in [4.69, 9.17) is 0 Å². The van der Waals surface area contributed by atoms with Crippen LogP contribution in [0.2, 0.25) is 0 Å². The van der Waals surface area contributed by atoms with Crippen LogP contribution < -0.4 is 5.32 Å². The lowest BCUT2D eigenvalue weighted by Crippen LogP contribution is -2.57. The van der Waals surface area contributed by atoms with Gasteiger partial charge in [-0.3, -0.25) is 0 Å². The van der Waals surface area contributed by atoms with Gasteiger partial charge in [0.25, 0.3) is 0 Å². The standard InChI is InChI=1S/C15H30N2O/c1-16-15(12-18,13-9-10-13)11-17(2)14-7-5-3-4-6-8-14/h13-14,16,18H,3-12H2,1-2H3. The van der Waals surface area contributed by atoms with Crippen molar-refractivity contribution in [3.63, 3.8) is 0 Å². The van der Waals surface area contributed by atoms with Gasteiger partial charge >= 0.3 is 0 Å². The van der Waals surface area contributed by atoms with Gasteiger partial charge in [0.05, 0.1) is 12.1 Å². The summed E-state index contributed by atoms with van der Waals surface area (Å²) in [4.78, 5) is 2.51. The molecule has 106 valence electrons. The first-order valence-corrected chi connectivity index (χ1v) is 7.72. The Morgan fingerprint density at radius 1 is 1.11 bits per heavy atom. The van der Waals surface area contributed by atoms with Crippen LogP contribution in [0.1, 0.15) is 51.4 Å². The van der Waals surface area contributed by atoms with E-state index in [0.717, 1.165) is 12.6 Å². The first-order valence-electron chi connectivity index (χ1n) is 7.72. The van der Waals surface area contributed by atoms with Gasteiger partial charge in [-0.25, -0.2) is 0 Å². The molecule has 0 bridgehead atoms. The Morgan fingerprint density at radius 2 is 1.72 bits per heavy atom. The van der Waals surface area contributed by atoms with Crippen molar-refractivity contribution in [1.29, 1.82) is 0 Å². The highest BCUT2D eigenvalue weighted by Gasteiger charge is 2.44. The smallest absolute Gasteiger partial charge is 0.0628 e. The molecule has 2 aliphatic rings. The molecule has 1 atom stereocenters. The highest BCUT2D eigenvalue weighted by atomic mass is 16.3. The van der Waals surface area contributed by atoms with Gasteiger partial charge in [-0.05, 0) is 45.7 Å². The molecule has 0 amide bonds. The van der Waals surface area contributed by atoms with Crippen LogP contribution in [-0.2, 0) is 0 Å². The van der Waals surface area contributed by atoms with Gasteiger partial charge in [-0.15, -0.1) is 0 Å². The van der Waals surface area contributed by atoms with Gasteiger partial charge in [0.2, 0.25) is 0 Å². The summed E-state index contributed by atoms with van der Waals surface area (Å²) in [6.45, 7) is 1.26. The van der Waals surface area contributed by atoms with Gasteiger partial charge in [0.15, 0.2) is 0 Å². The molecule has 2 saturated carbocycles. The van der Waals surface area contributed by atoms with Crippen molar-refractivity contribution >= 4 is 0 Å². The zero-order valence-corrected chi connectivity index (χ0v) is 12.1. The van der Waals surface area contributed by atoms with Gasteiger partial charge in [0, 0.05) is 12.6 Å². The van der Waals surface area contributed by atoms with Crippen molar-refractivity contribution in [2.24, 2.45) is 5.92 Å². The topological polar surface area (TPSA) is 35.5 Å². The summed E-state index contributed by atoms with van der Waals surface area (Å²) in [6, 6.07) is 0.727. The predicted molar refractivity (Wildman–Crippen MR) is 75.7 cm³/mol. The third kappa shape index (κ3) is 3.25. The van der Waals surface area contributed by atoms with Crippen LogP contribution in [0.3, 0.4) is 0 Å². The maximum Gasteiger partial charge on any atom is 0.0628 e. The van der Waals surface area contributed by atoms with Crippen LogP contribution in [0.25, 0.3) is 0 Å². The zero-order chi connectivity index (χ0) is 13.0. The molecule has 0 radical (unpaired) electrons. The number of rotatable bonds is 6. The van der Waals surface area contributed by atoms with E-state index in [1.807, 2.05) is 7.05 Å². The normalized spacial score (nSPS) is 26.0. The summed E-state index contributed by atoms with van der Waals surface area (Å²) >= 11 is 0. The second-order valence-electron chi connectivity index (χ2n) is 6.40. The van der Waals surface area contributed by atoms with Crippen molar-refractivity contribution in [2.75, 3.05) is 27.2 Å². The third-order valence-corrected chi connectivity index (χ3v) is 5.12. The molecule has 1 unspecified atom stereocenters. The Labute approximate surface area is 112 Å². The van der Waals surface area contributed by atoms with Gasteiger partial charge in [0.1, 0.15) is 0 Å². The molecule has 2 aliphatic carbocycles. The average Bonchev–Trinajstić information content (AvgIpc) is 3.21. The van der Waals surface area contributed by atoms with Crippen LogP contribution in [-0.4, -0.2) is 48.8 Å². The third-order valence-electron chi connectivity index (χ3n) is 5.12. The summed E-state index contributed by atoms with van der Waals surface area (Å²) in [5.41, 5.74) is -0.0545. The minimum atomic E-state index is -0.0545. The summed E-state index contributed by atoms with van der Waals surface area (Å²) in [5, 5.41) is 13.2. The highest BCUT2D eigenvalue weighted by Crippen LogP contribution is 2.40. The number of nitrogens with zero attached hydrogens (tertiary/aromatic N) is 1. The zero-order valence-electron chi connectivity index (χ0n) is 12.1. The minimum absolute atomic E-state index is 0.0545. The molecule has 3 nitrogen and oxygen atoms in total. The lowest BCUT2D eigenvalue weighted by Gasteiger charge is -2.39. The van der Waals surface area contributed by atoms with E-state index in [9.17, 15) is 5.11 Å². The number of aliphatic hydroxyl groups is 1. The van der Waals surface area contributed by atoms with E-state index in [0.29, 0.717) is 5.92 Å². The van der Waals surface area contributed by atoms with E-state index >= 15 is 0 Å². The second kappa shape index (κ2) is 6.36. The number of aliphatic hydroxyl groups excluding tert-OH is 1. The summed E-state index contributed by atoms with van der Waals surface area (Å²) in [6.07, 6.45) is 10.8. The van der Waals surface area contributed by atoms with E-state index in [1.54, 1.807) is 0 Å². The monoisotopic (exact) mass is 254 g/mol. The fraction of sp³-hybridized carbons (Fsp3) is 1.00. The summed E-state index contributed by atoms with van der Waals surface area (Å²) in [7, 11) is 4.26. The lowest BCUT2D eigenvalue weighted by molar-refractivity contribution is 0.0854. The molecule has 18 heavy (non-hydrogen) atoms. The van der Waals surface area contributed by atoms with Crippen LogP contribution in [0.15, 0.2) is 0 Å². The molecule has 0 saturated heterocycles. The fourth-order valence-electron chi connectivity index (χ4n) is 3.58. The number of likely N-dealkylation sites (N-methyl/N-ethyl adjacent to an activating group) is 2. The second-order valence-corrected chi connectivity index (χ2v) is 6.40. The molecular weight excluding hydrogens is 224 g/mol. The van der Waals surface area contributed by atoms with Gasteiger partial charge in [-0.2, -0.15) is 0 Å². The van der Waals surface area contributed by atoms with Crippen LogP contribution in [0, 0.1) is 5.92 Å². The molecule has 0 aliphatic heterocycles. The molecule has 0 spiro atoms. The van der Waals surface area contributed by atoms with Crippen LogP contribution >= 0.6 is 0 Å². The SMILES string of the molecule is CNC(CO)(CN(C)C1CCCCCC1)C1CC1. The van der Waals surface area contributed by atoms with Crippen LogP contribution in [0.4, 0.5) is 0 Å². The average molecular weight is 254 g/mol. The molecule has 2 fully saturated rings. The lowest BCUT2D eigenvalue weighted by atomic mass is 9.92. The van der Waals surface area contributed by atoms with Crippen molar-refractivity contribution in [3.8, 4) is 0 Å². The minimum Gasteiger partial charge on any atom is -0.394 e. The van der Waals surface area contributed by atoms with Gasteiger partial charge in [-0.1, -0.05) is 25.7 Å². The van der Waals surface area contributed by atoms with E-state index < -0.39 is 0 Å². The Morgan fingerprint density at radius 3 is 2.17 bits per heavy atom. The molecule has 0 aromatic heterocycles. The molecule has 0 heterocycles. The largest absolute Gasteiger partial charge is 0.394 e. The van der Waals surface area contributed by atoms with Crippen molar-refractivity contribution in [2.45, 2.75) is 62.9 Å². The van der Waals surface area contributed by atoms with E-state index in [-0.39, 0.29) is 12.1 Å². The van der Waals surface area contributed by atoms with Crippen LogP contribution in [0.5, 0.6) is 0 Å². The first-order chi connectivity index (χ1) is 8.72. The first kappa shape index (κ1) is 14.3. The highest BCUT2D eigenvalue weighted by molar-refractivity contribution is 5.02. The van der Waals surface area contributed by atoms with E-state index in [1.165, 1.54) is 51.4 Å². The Balaban J connectivity index is 1.92. The quantitative estimate of drug-likeness (QED) is 0.712. The maximum absolute atomic E-state index is 9.80. The molecule has 2 rings (SSSR count). The molecule has 0 aromatic rings. The van der Waals surface area contributed by atoms with E-state index in [2.05, 4.69) is 17.3 Å². The maximum atomic E-state index is 9.80. The predicted octanol–water partition coefficient (Wildman–Crippen LogP) is 2.00. The molecule has 0 aromatic carbocycles. The fourth-order valence-corrected chi connectivity index (χ4v) is 3.58. The molecule has 2 N–H and O–H groups in total. The Hall–Kier alpha value is -0.120. The summed E-state index contributed by atoms with van der Waals surface area (Å²) in [5.74, 6) is 0.681. The van der Waals surface area contributed by atoms with Crippen molar-refractivity contribution < 1.29 is 5.11 Å². The number of hydrogen-bond acceptors (Lipinski definition) is 3. The molecule has 3 heteroatoms.